The van der Waals surface area contributed by atoms with Crippen LogP contribution in [0.2, 0.25) is 0 Å². The molecule has 0 spiro atoms. The second-order valence-electron chi connectivity index (χ2n) is 5.62. The molecule has 3 rings (SSSR count). The van der Waals surface area contributed by atoms with Gasteiger partial charge in [0.2, 0.25) is 0 Å². The predicted octanol–water partition coefficient (Wildman–Crippen LogP) is 2.98. The summed E-state index contributed by atoms with van der Waals surface area (Å²) in [5.74, 6) is 0.956. The summed E-state index contributed by atoms with van der Waals surface area (Å²) in [7, 11) is 0. The molecule has 1 aromatic heterocycles. The highest BCUT2D eigenvalue weighted by Crippen LogP contribution is 2.20. The van der Waals surface area contributed by atoms with Crippen LogP contribution in [0.4, 0.5) is 0 Å². The Morgan fingerprint density at radius 2 is 1.85 bits per heavy atom. The molecule has 2 N–H and O–H groups in total. The molecule has 0 saturated heterocycles. The zero-order valence-electron chi connectivity index (χ0n) is 14.2. The molecule has 3 aromatic rings. The van der Waals surface area contributed by atoms with Crippen LogP contribution in [-0.4, -0.2) is 18.4 Å². The van der Waals surface area contributed by atoms with Gasteiger partial charge in [-0.1, -0.05) is 30.3 Å². The maximum Gasteiger partial charge on any atom is 0.276 e. The van der Waals surface area contributed by atoms with Crippen LogP contribution in [0.1, 0.15) is 11.5 Å². The average Bonchev–Trinajstić information content (AvgIpc) is 3.08. The maximum absolute atomic E-state index is 11.8. The number of furan rings is 1. The van der Waals surface area contributed by atoms with Gasteiger partial charge >= 0.3 is 0 Å². The van der Waals surface area contributed by atoms with Gasteiger partial charge in [-0.3, -0.25) is 20.4 Å². The molecule has 2 amide bonds. The van der Waals surface area contributed by atoms with Gasteiger partial charge in [0.05, 0.1) is 0 Å². The summed E-state index contributed by atoms with van der Waals surface area (Å²) in [6, 6.07) is 17.0. The minimum absolute atomic E-state index is 0.209. The second kappa shape index (κ2) is 8.02. The van der Waals surface area contributed by atoms with Crippen molar-refractivity contribution in [1.82, 2.24) is 10.9 Å². The maximum atomic E-state index is 11.8. The summed E-state index contributed by atoms with van der Waals surface area (Å²) in [5, 5.41) is 2.12. The molecular weight excluding hydrogens is 332 g/mol. The van der Waals surface area contributed by atoms with Crippen molar-refractivity contribution in [2.24, 2.45) is 0 Å². The summed E-state index contributed by atoms with van der Waals surface area (Å²) < 4.78 is 10.7. The fourth-order valence-corrected chi connectivity index (χ4v) is 2.32. The van der Waals surface area contributed by atoms with E-state index in [1.54, 1.807) is 18.2 Å². The third kappa shape index (κ3) is 4.73. The molecule has 0 aliphatic heterocycles. The van der Waals surface area contributed by atoms with Crippen molar-refractivity contribution in [2.75, 3.05) is 6.61 Å². The van der Waals surface area contributed by atoms with Crippen LogP contribution in [0.15, 0.2) is 65.1 Å². The van der Waals surface area contributed by atoms with E-state index in [-0.39, 0.29) is 6.61 Å². The summed E-state index contributed by atoms with van der Waals surface area (Å²) in [6.45, 7) is 1.60. The normalized spacial score (nSPS) is 10.8. The molecule has 132 valence electrons. The van der Waals surface area contributed by atoms with Gasteiger partial charge in [0.15, 0.2) is 6.61 Å². The smallest absolute Gasteiger partial charge is 0.276 e. The van der Waals surface area contributed by atoms with Crippen LogP contribution in [0, 0.1) is 6.92 Å². The lowest BCUT2D eigenvalue weighted by molar-refractivity contribution is -0.128. The van der Waals surface area contributed by atoms with E-state index in [4.69, 9.17) is 9.15 Å². The molecule has 0 saturated carbocycles. The number of ether oxygens (including phenoxy) is 1. The monoisotopic (exact) mass is 350 g/mol. The number of amides is 2. The van der Waals surface area contributed by atoms with Crippen LogP contribution < -0.4 is 15.6 Å². The number of hydrazine groups is 1. The van der Waals surface area contributed by atoms with Gasteiger partial charge in [-0.2, -0.15) is 0 Å². The third-order valence-electron chi connectivity index (χ3n) is 3.58. The van der Waals surface area contributed by atoms with E-state index in [1.165, 1.54) is 12.2 Å². The van der Waals surface area contributed by atoms with Crippen LogP contribution in [0.5, 0.6) is 5.75 Å². The van der Waals surface area contributed by atoms with Crippen molar-refractivity contribution in [3.05, 3.63) is 72.2 Å². The van der Waals surface area contributed by atoms with Gasteiger partial charge < -0.3 is 9.15 Å². The topological polar surface area (TPSA) is 80.6 Å². The largest absolute Gasteiger partial charge is 0.484 e. The number of carbonyl (C=O) groups excluding carboxylic acids is 2. The van der Waals surface area contributed by atoms with Crippen LogP contribution in [0.3, 0.4) is 0 Å². The molecular formula is C20H18N2O4. The first kappa shape index (κ1) is 17.3. The van der Waals surface area contributed by atoms with Crippen molar-refractivity contribution >= 4 is 28.7 Å². The van der Waals surface area contributed by atoms with Gasteiger partial charge in [0.1, 0.15) is 17.3 Å². The van der Waals surface area contributed by atoms with Gasteiger partial charge in [-0.05, 0) is 48.0 Å². The SMILES string of the molecule is Cc1ccc(C=CC(=O)NNC(=O)COc2ccc3ccccc3c2)o1. The molecule has 2 aromatic carbocycles. The van der Waals surface area contributed by atoms with E-state index in [0.29, 0.717) is 11.5 Å². The minimum Gasteiger partial charge on any atom is -0.484 e. The molecule has 0 atom stereocenters. The first-order valence-corrected chi connectivity index (χ1v) is 8.05. The Hall–Kier alpha value is -3.54. The van der Waals surface area contributed by atoms with Crippen LogP contribution in [-0.2, 0) is 9.59 Å². The number of benzene rings is 2. The fourth-order valence-electron chi connectivity index (χ4n) is 2.32. The Balaban J connectivity index is 1.44. The van der Waals surface area contributed by atoms with E-state index in [9.17, 15) is 9.59 Å². The molecule has 0 aliphatic rings. The van der Waals surface area contributed by atoms with Crippen molar-refractivity contribution < 1.29 is 18.7 Å². The Labute approximate surface area is 150 Å². The average molecular weight is 350 g/mol. The number of carbonyl (C=O) groups is 2. The molecule has 0 radical (unpaired) electrons. The third-order valence-corrected chi connectivity index (χ3v) is 3.58. The van der Waals surface area contributed by atoms with Crippen molar-refractivity contribution in [1.29, 1.82) is 0 Å². The molecule has 0 bridgehead atoms. The summed E-state index contributed by atoms with van der Waals surface area (Å²) in [5.41, 5.74) is 4.56. The second-order valence-corrected chi connectivity index (χ2v) is 5.62. The summed E-state index contributed by atoms with van der Waals surface area (Å²) >= 11 is 0. The number of aryl methyl sites for hydroxylation is 1. The summed E-state index contributed by atoms with van der Waals surface area (Å²) in [4.78, 5) is 23.4. The predicted molar refractivity (Wildman–Crippen MR) is 98.2 cm³/mol. The lowest BCUT2D eigenvalue weighted by Crippen LogP contribution is -2.43. The van der Waals surface area contributed by atoms with E-state index >= 15 is 0 Å². The first-order valence-electron chi connectivity index (χ1n) is 8.05. The highest BCUT2D eigenvalue weighted by atomic mass is 16.5. The number of hydrogen-bond donors (Lipinski definition) is 2. The highest BCUT2D eigenvalue weighted by Gasteiger charge is 2.05. The molecule has 0 aliphatic carbocycles. The summed E-state index contributed by atoms with van der Waals surface area (Å²) in [6.07, 6.45) is 2.78. The van der Waals surface area contributed by atoms with E-state index in [1.807, 2.05) is 43.3 Å². The minimum atomic E-state index is -0.474. The van der Waals surface area contributed by atoms with Gasteiger partial charge in [-0.15, -0.1) is 0 Å². The number of hydrogen-bond acceptors (Lipinski definition) is 4. The molecule has 1 heterocycles. The molecule has 26 heavy (non-hydrogen) atoms. The van der Waals surface area contributed by atoms with Crippen LogP contribution in [0.25, 0.3) is 16.8 Å². The standard InChI is InChI=1S/C20H18N2O4/c1-14-6-8-17(26-14)10-11-19(23)21-22-20(24)13-25-18-9-7-15-4-2-3-5-16(15)12-18/h2-12H,13H2,1H3,(H,21,23)(H,22,24). The van der Waals surface area contributed by atoms with Crippen molar-refractivity contribution in [3.63, 3.8) is 0 Å². The van der Waals surface area contributed by atoms with Crippen LogP contribution >= 0.6 is 0 Å². The Morgan fingerprint density at radius 3 is 2.62 bits per heavy atom. The van der Waals surface area contributed by atoms with Crippen molar-refractivity contribution in [3.8, 4) is 5.75 Å². The molecule has 0 fully saturated rings. The first-order chi connectivity index (χ1) is 12.6. The van der Waals surface area contributed by atoms with Gasteiger partial charge in [0, 0.05) is 6.08 Å². The molecule has 6 heteroatoms. The lowest BCUT2D eigenvalue weighted by Gasteiger charge is -2.08. The Bertz CT molecular complexity index is 959. The number of nitrogens with one attached hydrogen (secondary N) is 2. The molecule has 6 nitrogen and oxygen atoms in total. The molecule has 0 unspecified atom stereocenters. The van der Waals surface area contributed by atoms with Crippen molar-refractivity contribution in [2.45, 2.75) is 6.92 Å². The quantitative estimate of drug-likeness (QED) is 0.548. The number of rotatable bonds is 5. The zero-order valence-corrected chi connectivity index (χ0v) is 14.2. The highest BCUT2D eigenvalue weighted by molar-refractivity contribution is 5.93. The lowest BCUT2D eigenvalue weighted by atomic mass is 10.1. The zero-order chi connectivity index (χ0) is 18.4. The Kier molecular flexibility index (Phi) is 5.34. The van der Waals surface area contributed by atoms with E-state index < -0.39 is 11.8 Å². The van der Waals surface area contributed by atoms with E-state index in [0.717, 1.165) is 16.5 Å². The van der Waals surface area contributed by atoms with Gasteiger partial charge in [-0.25, -0.2) is 0 Å². The van der Waals surface area contributed by atoms with Gasteiger partial charge in [0.25, 0.3) is 11.8 Å². The van der Waals surface area contributed by atoms with E-state index in [2.05, 4.69) is 10.9 Å². The Morgan fingerprint density at radius 1 is 1.04 bits per heavy atom. The number of fused-ring (bicyclic) bond motifs is 1. The fraction of sp³-hybridized carbons (Fsp3) is 0.100.